The molecule has 0 spiro atoms. The SMILES string of the molecule is Cc1ccc(Nc2ccc(Cl)cn2)c(Br)c1. The minimum atomic E-state index is 0.633. The lowest BCUT2D eigenvalue weighted by atomic mass is 10.2. The monoisotopic (exact) mass is 296 g/mol. The number of nitrogens with zero attached hydrogens (tertiary/aromatic N) is 1. The van der Waals surface area contributed by atoms with Gasteiger partial charge in [-0.1, -0.05) is 17.7 Å². The van der Waals surface area contributed by atoms with E-state index in [1.165, 1.54) is 5.56 Å². The highest BCUT2D eigenvalue weighted by Gasteiger charge is 2.01. The lowest BCUT2D eigenvalue weighted by Crippen LogP contribution is -1.93. The van der Waals surface area contributed by atoms with Gasteiger partial charge in [-0.05, 0) is 52.7 Å². The summed E-state index contributed by atoms with van der Waals surface area (Å²) in [5, 5.41) is 3.84. The molecule has 2 aromatic rings. The number of benzene rings is 1. The first-order valence-electron chi connectivity index (χ1n) is 4.80. The number of aromatic nitrogens is 1. The third-order valence-corrected chi connectivity index (χ3v) is 2.99. The summed E-state index contributed by atoms with van der Waals surface area (Å²) in [6, 6.07) is 9.75. The number of aryl methyl sites for hydroxylation is 1. The van der Waals surface area contributed by atoms with Gasteiger partial charge < -0.3 is 5.32 Å². The largest absolute Gasteiger partial charge is 0.339 e. The second-order valence-electron chi connectivity index (χ2n) is 3.47. The maximum Gasteiger partial charge on any atom is 0.130 e. The first kappa shape index (κ1) is 11.4. The van der Waals surface area contributed by atoms with Crippen molar-refractivity contribution >= 4 is 39.0 Å². The highest BCUT2D eigenvalue weighted by Crippen LogP contribution is 2.26. The predicted octanol–water partition coefficient (Wildman–Crippen LogP) is 4.55. The Bertz CT molecular complexity index is 497. The van der Waals surface area contributed by atoms with E-state index in [9.17, 15) is 0 Å². The number of anilines is 2. The predicted molar refractivity (Wildman–Crippen MR) is 71.4 cm³/mol. The lowest BCUT2D eigenvalue weighted by molar-refractivity contribution is 1.30. The third-order valence-electron chi connectivity index (χ3n) is 2.11. The van der Waals surface area contributed by atoms with Gasteiger partial charge in [0.2, 0.25) is 0 Å². The number of nitrogens with one attached hydrogen (secondary N) is 1. The molecule has 0 bridgehead atoms. The first-order chi connectivity index (χ1) is 7.65. The number of rotatable bonds is 2. The van der Waals surface area contributed by atoms with Crippen molar-refractivity contribution in [2.24, 2.45) is 0 Å². The summed E-state index contributed by atoms with van der Waals surface area (Å²) in [5.41, 5.74) is 2.20. The zero-order valence-electron chi connectivity index (χ0n) is 8.67. The molecule has 4 heteroatoms. The Hall–Kier alpha value is -1.06. The van der Waals surface area contributed by atoms with Crippen LogP contribution in [0.5, 0.6) is 0 Å². The van der Waals surface area contributed by atoms with Crippen molar-refractivity contribution in [2.45, 2.75) is 6.92 Å². The summed E-state index contributed by atoms with van der Waals surface area (Å²) in [7, 11) is 0. The molecule has 2 rings (SSSR count). The van der Waals surface area contributed by atoms with Crippen LogP contribution in [-0.2, 0) is 0 Å². The second-order valence-corrected chi connectivity index (χ2v) is 4.76. The molecule has 1 N–H and O–H groups in total. The highest BCUT2D eigenvalue weighted by molar-refractivity contribution is 9.10. The smallest absolute Gasteiger partial charge is 0.130 e. The van der Waals surface area contributed by atoms with E-state index in [4.69, 9.17) is 11.6 Å². The summed E-state index contributed by atoms with van der Waals surface area (Å²) >= 11 is 9.27. The Labute approximate surface area is 108 Å². The highest BCUT2D eigenvalue weighted by atomic mass is 79.9. The summed E-state index contributed by atoms with van der Waals surface area (Å²) < 4.78 is 1.02. The van der Waals surface area contributed by atoms with Crippen molar-refractivity contribution in [1.82, 2.24) is 4.98 Å². The van der Waals surface area contributed by atoms with Crippen molar-refractivity contribution < 1.29 is 0 Å². The average Bonchev–Trinajstić information content (AvgIpc) is 2.25. The van der Waals surface area contributed by atoms with E-state index in [1.807, 2.05) is 18.2 Å². The summed E-state index contributed by atoms with van der Waals surface area (Å²) in [5.74, 6) is 0.772. The molecule has 0 atom stereocenters. The molecular weight excluding hydrogens is 288 g/mol. The maximum absolute atomic E-state index is 5.77. The third kappa shape index (κ3) is 2.74. The fourth-order valence-corrected chi connectivity index (χ4v) is 2.01. The van der Waals surface area contributed by atoms with E-state index >= 15 is 0 Å². The maximum atomic E-state index is 5.77. The summed E-state index contributed by atoms with van der Waals surface area (Å²) in [6.45, 7) is 2.05. The van der Waals surface area contributed by atoms with Crippen molar-refractivity contribution in [1.29, 1.82) is 0 Å². The van der Waals surface area contributed by atoms with Gasteiger partial charge in [-0.3, -0.25) is 0 Å². The van der Waals surface area contributed by atoms with Gasteiger partial charge in [-0.15, -0.1) is 0 Å². The van der Waals surface area contributed by atoms with Gasteiger partial charge in [0.05, 0.1) is 10.7 Å². The number of hydrogen-bond acceptors (Lipinski definition) is 2. The molecular formula is C12H10BrClN2. The van der Waals surface area contributed by atoms with Crippen LogP contribution in [0.3, 0.4) is 0 Å². The van der Waals surface area contributed by atoms with Crippen molar-refractivity contribution in [3.8, 4) is 0 Å². The van der Waals surface area contributed by atoms with Crippen LogP contribution < -0.4 is 5.32 Å². The molecule has 16 heavy (non-hydrogen) atoms. The molecule has 2 nitrogen and oxygen atoms in total. The fraction of sp³-hybridized carbons (Fsp3) is 0.0833. The Morgan fingerprint density at radius 1 is 1.25 bits per heavy atom. The Morgan fingerprint density at radius 3 is 2.69 bits per heavy atom. The Balaban J connectivity index is 2.23. The zero-order chi connectivity index (χ0) is 11.5. The Kier molecular flexibility index (Phi) is 3.46. The van der Waals surface area contributed by atoms with Gasteiger partial charge >= 0.3 is 0 Å². The first-order valence-corrected chi connectivity index (χ1v) is 5.97. The van der Waals surface area contributed by atoms with Crippen LogP contribution >= 0.6 is 27.5 Å². The van der Waals surface area contributed by atoms with E-state index in [1.54, 1.807) is 12.3 Å². The molecule has 1 aromatic carbocycles. The molecule has 0 saturated carbocycles. The molecule has 0 unspecified atom stereocenters. The van der Waals surface area contributed by atoms with Crippen molar-refractivity contribution in [2.75, 3.05) is 5.32 Å². The average molecular weight is 298 g/mol. The molecule has 82 valence electrons. The quantitative estimate of drug-likeness (QED) is 0.879. The van der Waals surface area contributed by atoms with E-state index < -0.39 is 0 Å². The van der Waals surface area contributed by atoms with Gasteiger partial charge in [0, 0.05) is 10.7 Å². The van der Waals surface area contributed by atoms with Crippen LogP contribution in [0.4, 0.5) is 11.5 Å². The van der Waals surface area contributed by atoms with Crippen LogP contribution in [-0.4, -0.2) is 4.98 Å². The van der Waals surface area contributed by atoms with Crippen molar-refractivity contribution in [3.05, 3.63) is 51.6 Å². The Morgan fingerprint density at radius 2 is 2.06 bits per heavy atom. The normalized spacial score (nSPS) is 10.2. The van der Waals surface area contributed by atoms with E-state index in [-0.39, 0.29) is 0 Å². The minimum absolute atomic E-state index is 0.633. The van der Waals surface area contributed by atoms with E-state index in [0.717, 1.165) is 16.0 Å². The molecule has 0 aliphatic heterocycles. The van der Waals surface area contributed by atoms with Gasteiger partial charge in [0.15, 0.2) is 0 Å². The number of hydrogen-bond donors (Lipinski definition) is 1. The van der Waals surface area contributed by atoms with Gasteiger partial charge in [0.1, 0.15) is 5.82 Å². The van der Waals surface area contributed by atoms with Crippen LogP contribution in [0.2, 0.25) is 5.02 Å². The van der Waals surface area contributed by atoms with Gasteiger partial charge in [0.25, 0.3) is 0 Å². The minimum Gasteiger partial charge on any atom is -0.339 e. The molecule has 0 aliphatic carbocycles. The van der Waals surface area contributed by atoms with E-state index in [2.05, 4.69) is 39.2 Å². The molecule has 0 aliphatic rings. The summed E-state index contributed by atoms with van der Waals surface area (Å²) in [4.78, 5) is 4.17. The number of halogens is 2. The van der Waals surface area contributed by atoms with Crippen LogP contribution in [0.1, 0.15) is 5.56 Å². The van der Waals surface area contributed by atoms with Crippen molar-refractivity contribution in [3.63, 3.8) is 0 Å². The summed E-state index contributed by atoms with van der Waals surface area (Å²) in [6.07, 6.45) is 1.62. The molecule has 0 saturated heterocycles. The fourth-order valence-electron chi connectivity index (χ4n) is 1.31. The standard InChI is InChI=1S/C12H10BrClN2/c1-8-2-4-11(10(13)6-8)16-12-5-3-9(14)7-15-12/h2-7H,1H3,(H,15,16). The molecule has 1 aromatic heterocycles. The second kappa shape index (κ2) is 4.85. The van der Waals surface area contributed by atoms with E-state index in [0.29, 0.717) is 5.02 Å². The van der Waals surface area contributed by atoms with Gasteiger partial charge in [-0.2, -0.15) is 0 Å². The van der Waals surface area contributed by atoms with Crippen LogP contribution in [0.15, 0.2) is 41.0 Å². The molecule has 0 fully saturated rings. The van der Waals surface area contributed by atoms with Crippen LogP contribution in [0, 0.1) is 6.92 Å². The molecule has 0 amide bonds. The molecule has 1 heterocycles. The van der Waals surface area contributed by atoms with Crippen LogP contribution in [0.25, 0.3) is 0 Å². The lowest BCUT2D eigenvalue weighted by Gasteiger charge is -2.08. The van der Waals surface area contributed by atoms with Gasteiger partial charge in [-0.25, -0.2) is 4.98 Å². The number of pyridine rings is 1. The molecule has 0 radical (unpaired) electrons. The zero-order valence-corrected chi connectivity index (χ0v) is 11.0. The topological polar surface area (TPSA) is 24.9 Å².